The molecule has 0 saturated heterocycles. The van der Waals surface area contributed by atoms with Gasteiger partial charge in [0.05, 0.1) is 0 Å². The molecule has 0 atom stereocenters. The molecule has 0 spiro atoms. The molecule has 0 fully saturated rings. The van der Waals surface area contributed by atoms with E-state index in [1.807, 2.05) is 36.4 Å². The van der Waals surface area contributed by atoms with Crippen LogP contribution in [0.15, 0.2) is 48.5 Å². The van der Waals surface area contributed by atoms with E-state index < -0.39 is 0 Å². The second-order valence-electron chi connectivity index (χ2n) is 7.21. The Labute approximate surface area is 180 Å². The Morgan fingerprint density at radius 2 is 1.35 bits per heavy atom. The molecule has 3 aromatic rings. The van der Waals surface area contributed by atoms with E-state index in [-0.39, 0.29) is 36.3 Å². The fourth-order valence-electron chi connectivity index (χ4n) is 3.49. The molecule has 1 heterocycles. The highest BCUT2D eigenvalue weighted by Crippen LogP contribution is 2.52. The zero-order chi connectivity index (χ0) is 21.8. The second-order valence-corrected chi connectivity index (χ2v) is 7.21. The molecule has 0 aliphatic carbocycles. The lowest BCUT2D eigenvalue weighted by Gasteiger charge is -2.25. The van der Waals surface area contributed by atoms with Crippen LogP contribution in [0.25, 0.3) is 10.8 Å². The van der Waals surface area contributed by atoms with Crippen LogP contribution in [-0.2, 0) is 16.0 Å². The number of ether oxygens (including phenoxy) is 4. The van der Waals surface area contributed by atoms with Crippen LogP contribution in [0, 0.1) is 0 Å². The van der Waals surface area contributed by atoms with Crippen LogP contribution in [0.5, 0.6) is 23.0 Å². The lowest BCUT2D eigenvalue weighted by Crippen LogP contribution is -2.19. The standard InChI is InChI=1S/C25H24O6/c1-3-20(26)30-22-18-11-10-17(14-16-8-6-5-7-9-16)15-19(18)23(31-21(27)4-2)25-24(22)28-12-13-29-25/h5-11,15H,3-4,12-14H2,1-2H3. The fraction of sp³-hybridized carbons (Fsp3) is 0.280. The fourth-order valence-corrected chi connectivity index (χ4v) is 3.49. The van der Waals surface area contributed by atoms with Gasteiger partial charge in [-0.2, -0.15) is 0 Å². The molecular formula is C25H24O6. The number of hydrogen-bond donors (Lipinski definition) is 0. The minimum absolute atomic E-state index is 0.216. The molecule has 6 heteroatoms. The van der Waals surface area contributed by atoms with Gasteiger partial charge in [-0.3, -0.25) is 9.59 Å². The molecular weight excluding hydrogens is 396 g/mol. The van der Waals surface area contributed by atoms with E-state index in [1.165, 1.54) is 0 Å². The third-order valence-electron chi connectivity index (χ3n) is 5.03. The van der Waals surface area contributed by atoms with Crippen LogP contribution in [0.2, 0.25) is 0 Å². The number of esters is 2. The first-order valence-electron chi connectivity index (χ1n) is 10.4. The van der Waals surface area contributed by atoms with Crippen molar-refractivity contribution in [3.63, 3.8) is 0 Å². The van der Waals surface area contributed by atoms with Gasteiger partial charge in [0, 0.05) is 23.6 Å². The highest BCUT2D eigenvalue weighted by atomic mass is 16.6. The van der Waals surface area contributed by atoms with Crippen LogP contribution < -0.4 is 18.9 Å². The van der Waals surface area contributed by atoms with Gasteiger partial charge in [-0.05, 0) is 23.6 Å². The Morgan fingerprint density at radius 1 is 0.774 bits per heavy atom. The highest BCUT2D eigenvalue weighted by molar-refractivity contribution is 6.01. The Morgan fingerprint density at radius 3 is 1.94 bits per heavy atom. The molecule has 3 aromatic carbocycles. The van der Waals surface area contributed by atoms with Crippen LogP contribution in [-0.4, -0.2) is 25.2 Å². The highest BCUT2D eigenvalue weighted by Gasteiger charge is 2.29. The summed E-state index contributed by atoms with van der Waals surface area (Å²) >= 11 is 0. The zero-order valence-electron chi connectivity index (χ0n) is 17.6. The third-order valence-corrected chi connectivity index (χ3v) is 5.03. The molecule has 1 aliphatic rings. The predicted octanol–water partition coefficient (Wildman–Crippen LogP) is 4.83. The Balaban J connectivity index is 1.91. The zero-order valence-corrected chi connectivity index (χ0v) is 17.6. The van der Waals surface area contributed by atoms with E-state index in [1.54, 1.807) is 13.8 Å². The maximum Gasteiger partial charge on any atom is 0.311 e. The van der Waals surface area contributed by atoms with E-state index in [0.29, 0.717) is 41.9 Å². The quantitative estimate of drug-likeness (QED) is 0.420. The molecule has 0 bridgehead atoms. The maximum atomic E-state index is 12.2. The van der Waals surface area contributed by atoms with Gasteiger partial charge in [0.2, 0.25) is 11.5 Å². The summed E-state index contributed by atoms with van der Waals surface area (Å²) < 4.78 is 22.9. The van der Waals surface area contributed by atoms with Crippen molar-refractivity contribution in [2.45, 2.75) is 33.1 Å². The number of carbonyl (C=O) groups excluding carboxylic acids is 2. The van der Waals surface area contributed by atoms with Crippen molar-refractivity contribution >= 4 is 22.7 Å². The van der Waals surface area contributed by atoms with Crippen molar-refractivity contribution < 1.29 is 28.5 Å². The van der Waals surface area contributed by atoms with E-state index in [0.717, 1.165) is 11.1 Å². The van der Waals surface area contributed by atoms with Gasteiger partial charge >= 0.3 is 11.9 Å². The van der Waals surface area contributed by atoms with E-state index in [9.17, 15) is 9.59 Å². The summed E-state index contributed by atoms with van der Waals surface area (Å²) in [5, 5.41) is 1.26. The molecule has 31 heavy (non-hydrogen) atoms. The van der Waals surface area contributed by atoms with Crippen molar-refractivity contribution in [2.75, 3.05) is 13.2 Å². The maximum absolute atomic E-state index is 12.2. The smallest absolute Gasteiger partial charge is 0.311 e. The van der Waals surface area contributed by atoms with Gasteiger partial charge in [-0.25, -0.2) is 0 Å². The summed E-state index contributed by atoms with van der Waals surface area (Å²) in [6.07, 6.45) is 1.14. The molecule has 0 radical (unpaired) electrons. The lowest BCUT2D eigenvalue weighted by atomic mass is 9.99. The number of hydrogen-bond acceptors (Lipinski definition) is 6. The number of rotatable bonds is 6. The first kappa shape index (κ1) is 20.7. The number of carbonyl (C=O) groups is 2. The minimum Gasteiger partial charge on any atom is -0.483 e. The summed E-state index contributed by atoms with van der Waals surface area (Å²) in [5.41, 5.74) is 2.18. The van der Waals surface area contributed by atoms with E-state index in [2.05, 4.69) is 12.1 Å². The molecule has 160 valence electrons. The van der Waals surface area contributed by atoms with Crippen molar-refractivity contribution in [3.8, 4) is 23.0 Å². The molecule has 0 aromatic heterocycles. The first-order chi connectivity index (χ1) is 15.1. The Hall–Kier alpha value is -3.54. The van der Waals surface area contributed by atoms with Crippen molar-refractivity contribution in [1.82, 2.24) is 0 Å². The summed E-state index contributed by atoms with van der Waals surface area (Å²) in [4.78, 5) is 24.3. The topological polar surface area (TPSA) is 71.1 Å². The molecule has 0 amide bonds. The van der Waals surface area contributed by atoms with Crippen LogP contribution in [0.4, 0.5) is 0 Å². The Kier molecular flexibility index (Phi) is 6.07. The van der Waals surface area contributed by atoms with Gasteiger partial charge in [0.25, 0.3) is 0 Å². The van der Waals surface area contributed by atoms with Crippen molar-refractivity contribution in [3.05, 3.63) is 59.7 Å². The van der Waals surface area contributed by atoms with Crippen molar-refractivity contribution in [2.24, 2.45) is 0 Å². The van der Waals surface area contributed by atoms with Crippen LogP contribution >= 0.6 is 0 Å². The largest absolute Gasteiger partial charge is 0.483 e. The SMILES string of the molecule is CCC(=O)Oc1c2c(c(OC(=O)CC)c3cc(Cc4ccccc4)ccc13)OCCO2. The first-order valence-corrected chi connectivity index (χ1v) is 10.4. The van der Waals surface area contributed by atoms with Crippen molar-refractivity contribution in [1.29, 1.82) is 0 Å². The molecule has 0 N–H and O–H groups in total. The molecule has 6 nitrogen and oxygen atoms in total. The summed E-state index contributed by atoms with van der Waals surface area (Å²) in [7, 11) is 0. The normalized spacial score (nSPS) is 12.5. The second kappa shape index (κ2) is 9.08. The predicted molar refractivity (Wildman–Crippen MR) is 116 cm³/mol. The third kappa shape index (κ3) is 4.33. The van der Waals surface area contributed by atoms with Gasteiger partial charge in [0.15, 0.2) is 11.5 Å². The average molecular weight is 420 g/mol. The van der Waals surface area contributed by atoms with Crippen LogP contribution in [0.1, 0.15) is 37.8 Å². The van der Waals surface area contributed by atoms with Gasteiger partial charge in [-0.1, -0.05) is 56.3 Å². The Bertz CT molecular complexity index is 1120. The lowest BCUT2D eigenvalue weighted by molar-refractivity contribution is -0.135. The molecule has 0 unspecified atom stereocenters. The number of benzene rings is 3. The van der Waals surface area contributed by atoms with Gasteiger partial charge in [-0.15, -0.1) is 0 Å². The molecule has 1 aliphatic heterocycles. The summed E-state index contributed by atoms with van der Waals surface area (Å²) in [6.45, 7) is 4.07. The molecule has 4 rings (SSSR count). The van der Waals surface area contributed by atoms with Gasteiger partial charge in [0.1, 0.15) is 13.2 Å². The monoisotopic (exact) mass is 420 g/mol. The summed E-state index contributed by atoms with van der Waals surface area (Å²) in [6, 6.07) is 15.9. The summed E-state index contributed by atoms with van der Waals surface area (Å²) in [5.74, 6) is 0.391. The van der Waals surface area contributed by atoms with E-state index >= 15 is 0 Å². The van der Waals surface area contributed by atoms with E-state index in [4.69, 9.17) is 18.9 Å². The molecule has 0 saturated carbocycles. The minimum atomic E-state index is -0.385. The number of fused-ring (bicyclic) bond motifs is 2. The van der Waals surface area contributed by atoms with Crippen LogP contribution in [0.3, 0.4) is 0 Å². The average Bonchev–Trinajstić information content (AvgIpc) is 2.81. The van der Waals surface area contributed by atoms with Gasteiger partial charge < -0.3 is 18.9 Å².